The van der Waals surface area contributed by atoms with Crippen LogP contribution < -0.4 is 5.32 Å². The zero-order valence-corrected chi connectivity index (χ0v) is 13.3. The Balaban J connectivity index is 2.32. The third-order valence-corrected chi connectivity index (χ3v) is 3.80. The van der Waals surface area contributed by atoms with E-state index in [0.717, 1.165) is 11.5 Å². The first-order valence-electron chi connectivity index (χ1n) is 6.17. The van der Waals surface area contributed by atoms with Crippen LogP contribution in [0.2, 0.25) is 5.02 Å². The number of nitrogens with one attached hydrogen (secondary N) is 1. The third-order valence-electron chi connectivity index (χ3n) is 2.75. The molecule has 1 aromatic heterocycles. The van der Waals surface area contributed by atoms with Gasteiger partial charge in [0.05, 0.1) is 28.0 Å². The van der Waals surface area contributed by atoms with Gasteiger partial charge in [0.1, 0.15) is 4.88 Å². The van der Waals surface area contributed by atoms with Crippen molar-refractivity contribution in [3.05, 3.63) is 39.4 Å². The number of aromatic nitrogens is 2. The largest absolute Gasteiger partial charge is 0.320 e. The van der Waals surface area contributed by atoms with Gasteiger partial charge in [-0.1, -0.05) is 36.9 Å². The molecule has 0 bridgehead atoms. The summed E-state index contributed by atoms with van der Waals surface area (Å²) in [6, 6.07) is 6.70. The highest BCUT2D eigenvalue weighted by molar-refractivity contribution is 7.08. The lowest BCUT2D eigenvalue weighted by Crippen LogP contribution is -2.20. The van der Waals surface area contributed by atoms with Gasteiger partial charge in [-0.3, -0.25) is 4.79 Å². The van der Waals surface area contributed by atoms with Crippen LogP contribution in [-0.4, -0.2) is 15.5 Å². The zero-order chi connectivity index (χ0) is 15.6. The Morgan fingerprint density at radius 2 is 2.14 bits per heavy atom. The van der Waals surface area contributed by atoms with Crippen molar-refractivity contribution in [3.8, 4) is 6.07 Å². The summed E-state index contributed by atoms with van der Waals surface area (Å²) < 4.78 is 3.85. The fourth-order valence-electron chi connectivity index (χ4n) is 1.70. The lowest BCUT2D eigenvalue weighted by atomic mass is 9.91. The van der Waals surface area contributed by atoms with Crippen molar-refractivity contribution in [2.24, 2.45) is 0 Å². The Kier molecular flexibility index (Phi) is 4.26. The molecule has 0 saturated carbocycles. The molecule has 1 aromatic carbocycles. The average molecular weight is 321 g/mol. The number of carbonyl (C=O) groups excluding carboxylic acids is 1. The first-order valence-corrected chi connectivity index (χ1v) is 7.32. The topological polar surface area (TPSA) is 78.7 Å². The average Bonchev–Trinajstić information content (AvgIpc) is 2.90. The van der Waals surface area contributed by atoms with E-state index in [9.17, 15) is 4.79 Å². The van der Waals surface area contributed by atoms with E-state index < -0.39 is 0 Å². The van der Waals surface area contributed by atoms with Crippen molar-refractivity contribution in [1.29, 1.82) is 5.26 Å². The molecule has 7 heteroatoms. The van der Waals surface area contributed by atoms with E-state index in [2.05, 4.69) is 14.9 Å². The van der Waals surface area contributed by atoms with E-state index in [1.54, 1.807) is 12.1 Å². The summed E-state index contributed by atoms with van der Waals surface area (Å²) in [5.41, 5.74) is 1.18. The molecule has 21 heavy (non-hydrogen) atoms. The van der Waals surface area contributed by atoms with E-state index in [1.807, 2.05) is 26.8 Å². The van der Waals surface area contributed by atoms with Gasteiger partial charge >= 0.3 is 0 Å². The van der Waals surface area contributed by atoms with E-state index in [4.69, 9.17) is 16.9 Å². The number of rotatable bonds is 2. The minimum Gasteiger partial charge on any atom is -0.320 e. The predicted molar refractivity (Wildman–Crippen MR) is 82.7 cm³/mol. The quantitative estimate of drug-likeness (QED) is 0.916. The van der Waals surface area contributed by atoms with Crippen LogP contribution in [0, 0.1) is 11.3 Å². The number of nitriles is 1. The number of hydrogen-bond donors (Lipinski definition) is 1. The molecule has 108 valence electrons. The summed E-state index contributed by atoms with van der Waals surface area (Å²) in [6.07, 6.45) is 0. The Morgan fingerprint density at radius 1 is 1.43 bits per heavy atom. The molecule has 0 radical (unpaired) electrons. The van der Waals surface area contributed by atoms with Crippen molar-refractivity contribution in [1.82, 2.24) is 9.59 Å². The first-order chi connectivity index (χ1) is 9.82. The van der Waals surface area contributed by atoms with Crippen molar-refractivity contribution < 1.29 is 4.79 Å². The fourth-order valence-corrected chi connectivity index (χ4v) is 2.64. The monoisotopic (exact) mass is 320 g/mol. The molecule has 0 saturated heterocycles. The minimum atomic E-state index is -0.327. The van der Waals surface area contributed by atoms with Gasteiger partial charge < -0.3 is 5.32 Å². The van der Waals surface area contributed by atoms with Gasteiger partial charge in [-0.2, -0.15) is 5.26 Å². The van der Waals surface area contributed by atoms with Gasteiger partial charge in [0.2, 0.25) is 0 Å². The molecule has 1 heterocycles. The summed E-state index contributed by atoms with van der Waals surface area (Å²) >= 11 is 7.07. The Morgan fingerprint density at radius 3 is 2.76 bits per heavy atom. The number of benzene rings is 1. The molecule has 0 aliphatic carbocycles. The van der Waals surface area contributed by atoms with Crippen molar-refractivity contribution in [2.75, 3.05) is 5.32 Å². The van der Waals surface area contributed by atoms with Crippen molar-refractivity contribution in [3.63, 3.8) is 0 Å². The van der Waals surface area contributed by atoms with E-state index in [1.165, 1.54) is 6.07 Å². The number of carbonyl (C=O) groups is 1. The highest BCUT2D eigenvalue weighted by Crippen LogP contribution is 2.28. The maximum Gasteiger partial charge on any atom is 0.269 e. The van der Waals surface area contributed by atoms with Crippen LogP contribution in [0.25, 0.3) is 0 Å². The standard InChI is InChI=1S/C14H13ClN4OS/c1-14(2,3)12-11(21-19-18-12)13(20)17-10-6-8(7-16)4-5-9(10)15/h4-6H,1-3H3,(H,17,20). The van der Waals surface area contributed by atoms with Crippen LogP contribution in [-0.2, 0) is 5.41 Å². The van der Waals surface area contributed by atoms with Crippen LogP contribution in [0.1, 0.15) is 41.7 Å². The predicted octanol–water partition coefficient (Wildman–Crippen LogP) is 3.61. The lowest BCUT2D eigenvalue weighted by Gasteiger charge is -2.16. The fraction of sp³-hybridized carbons (Fsp3) is 0.286. The molecule has 1 N–H and O–H groups in total. The van der Waals surface area contributed by atoms with E-state index in [-0.39, 0.29) is 11.3 Å². The van der Waals surface area contributed by atoms with Crippen molar-refractivity contribution >= 4 is 34.7 Å². The smallest absolute Gasteiger partial charge is 0.269 e. The second kappa shape index (κ2) is 5.80. The maximum absolute atomic E-state index is 12.4. The highest BCUT2D eigenvalue weighted by atomic mass is 35.5. The van der Waals surface area contributed by atoms with E-state index in [0.29, 0.717) is 26.8 Å². The number of hydrogen-bond acceptors (Lipinski definition) is 5. The molecule has 0 spiro atoms. The molecular formula is C14H13ClN4OS. The van der Waals surface area contributed by atoms with E-state index >= 15 is 0 Å². The summed E-state index contributed by atoms with van der Waals surface area (Å²) in [7, 11) is 0. The molecule has 1 amide bonds. The van der Waals surface area contributed by atoms with Crippen LogP contribution in [0.3, 0.4) is 0 Å². The summed E-state index contributed by atoms with van der Waals surface area (Å²) in [5, 5.41) is 16.0. The van der Waals surface area contributed by atoms with Crippen LogP contribution in [0.15, 0.2) is 18.2 Å². The van der Waals surface area contributed by atoms with Crippen molar-refractivity contribution in [2.45, 2.75) is 26.2 Å². The Bertz CT molecular complexity index is 727. The van der Waals surface area contributed by atoms with Gasteiger partial charge in [0, 0.05) is 5.41 Å². The normalized spacial score (nSPS) is 11.0. The van der Waals surface area contributed by atoms with Crippen LogP contribution in [0.4, 0.5) is 5.69 Å². The van der Waals surface area contributed by atoms with Gasteiger partial charge in [-0.05, 0) is 29.7 Å². The van der Waals surface area contributed by atoms with Gasteiger partial charge in [0.25, 0.3) is 5.91 Å². The summed E-state index contributed by atoms with van der Waals surface area (Å²) in [6.45, 7) is 5.89. The number of anilines is 1. The molecule has 5 nitrogen and oxygen atoms in total. The second-order valence-corrected chi connectivity index (χ2v) is 6.62. The number of halogens is 1. The Labute approximate surface area is 131 Å². The molecule has 2 rings (SSSR count). The maximum atomic E-state index is 12.4. The molecule has 0 unspecified atom stereocenters. The van der Waals surface area contributed by atoms with Gasteiger partial charge in [0.15, 0.2) is 0 Å². The zero-order valence-electron chi connectivity index (χ0n) is 11.8. The SMILES string of the molecule is CC(C)(C)c1nnsc1C(=O)Nc1cc(C#N)ccc1Cl. The Hall–Kier alpha value is -1.97. The minimum absolute atomic E-state index is 0.280. The lowest BCUT2D eigenvalue weighted by molar-refractivity contribution is 0.102. The molecule has 0 aliphatic rings. The molecular weight excluding hydrogens is 308 g/mol. The molecule has 0 fully saturated rings. The second-order valence-electron chi connectivity index (χ2n) is 5.46. The summed E-state index contributed by atoms with van der Waals surface area (Å²) in [5.74, 6) is -0.327. The first kappa shape index (κ1) is 15.4. The van der Waals surface area contributed by atoms with Crippen LogP contribution >= 0.6 is 23.1 Å². The van der Waals surface area contributed by atoms with Gasteiger partial charge in [-0.15, -0.1) is 5.10 Å². The molecule has 0 aliphatic heterocycles. The van der Waals surface area contributed by atoms with Crippen LogP contribution in [0.5, 0.6) is 0 Å². The van der Waals surface area contributed by atoms with Gasteiger partial charge in [-0.25, -0.2) is 0 Å². The molecule has 2 aromatic rings. The third kappa shape index (κ3) is 3.38. The highest BCUT2D eigenvalue weighted by Gasteiger charge is 2.26. The number of nitrogens with zero attached hydrogens (tertiary/aromatic N) is 3. The summed E-state index contributed by atoms with van der Waals surface area (Å²) in [4.78, 5) is 12.8. The number of amides is 1. The molecule has 0 atom stereocenters.